The van der Waals surface area contributed by atoms with Crippen molar-refractivity contribution in [3.05, 3.63) is 48.0 Å². The van der Waals surface area contributed by atoms with Crippen molar-refractivity contribution in [2.45, 2.75) is 26.2 Å². The summed E-state index contributed by atoms with van der Waals surface area (Å²) < 4.78 is 12.2. The van der Waals surface area contributed by atoms with Gasteiger partial charge >= 0.3 is 0 Å². The first-order chi connectivity index (χ1) is 16.7. The van der Waals surface area contributed by atoms with E-state index in [9.17, 15) is 4.79 Å². The average molecular weight is 483 g/mol. The van der Waals surface area contributed by atoms with E-state index in [0.717, 1.165) is 72.4 Å². The molecule has 34 heavy (non-hydrogen) atoms. The van der Waals surface area contributed by atoms with Gasteiger partial charge in [0.2, 0.25) is 0 Å². The summed E-state index contributed by atoms with van der Waals surface area (Å²) in [5.74, 6) is 1.57. The van der Waals surface area contributed by atoms with Gasteiger partial charge in [0.15, 0.2) is 5.13 Å². The molecule has 7 nitrogen and oxygen atoms in total. The van der Waals surface area contributed by atoms with Crippen molar-refractivity contribution in [2.75, 3.05) is 57.9 Å². The summed E-state index contributed by atoms with van der Waals surface area (Å²) in [6.45, 7) is 8.10. The normalized spacial score (nSPS) is 14.4. The van der Waals surface area contributed by atoms with Crippen LogP contribution in [-0.2, 0) is 0 Å². The van der Waals surface area contributed by atoms with E-state index in [1.54, 1.807) is 18.4 Å². The summed E-state index contributed by atoms with van der Waals surface area (Å²) >= 11 is 1.71. The lowest BCUT2D eigenvalue weighted by Gasteiger charge is -2.34. The van der Waals surface area contributed by atoms with E-state index >= 15 is 0 Å². The average Bonchev–Trinajstić information content (AvgIpc) is 3.30. The highest BCUT2D eigenvalue weighted by Crippen LogP contribution is 2.31. The molecule has 1 aliphatic heterocycles. The number of rotatable bonds is 11. The van der Waals surface area contributed by atoms with Crippen LogP contribution in [0, 0.1) is 0 Å². The molecule has 0 atom stereocenters. The third-order valence-electron chi connectivity index (χ3n) is 6.05. The summed E-state index contributed by atoms with van der Waals surface area (Å²) in [5, 5.41) is 4.11. The van der Waals surface area contributed by atoms with E-state index in [1.807, 2.05) is 42.5 Å². The van der Waals surface area contributed by atoms with Gasteiger partial charge in [-0.05, 0) is 42.8 Å². The fourth-order valence-corrected chi connectivity index (χ4v) is 5.06. The van der Waals surface area contributed by atoms with Gasteiger partial charge in [0.25, 0.3) is 5.91 Å². The molecule has 0 bridgehead atoms. The van der Waals surface area contributed by atoms with Crippen LogP contribution < -0.4 is 19.7 Å². The molecule has 1 fully saturated rings. The van der Waals surface area contributed by atoms with Crippen LogP contribution >= 0.6 is 11.3 Å². The smallest absolute Gasteiger partial charge is 0.251 e. The zero-order valence-electron chi connectivity index (χ0n) is 20.1. The van der Waals surface area contributed by atoms with E-state index in [0.29, 0.717) is 18.7 Å². The standard InChI is InChI=1S/C26H34N4O3S/c1-3-4-5-17-33-22-8-6-7-20(18-22)25(31)27-11-12-29-13-15-30(16-14-29)26-28-23-10-9-21(32-2)19-24(23)34-26/h6-10,18-19H,3-5,11-17H2,1-2H3,(H,27,31). The minimum Gasteiger partial charge on any atom is -0.497 e. The molecule has 1 aliphatic rings. The van der Waals surface area contributed by atoms with Gasteiger partial charge in [-0.25, -0.2) is 4.98 Å². The highest BCUT2D eigenvalue weighted by Gasteiger charge is 2.20. The van der Waals surface area contributed by atoms with Gasteiger partial charge in [-0.3, -0.25) is 9.69 Å². The molecule has 0 saturated carbocycles. The van der Waals surface area contributed by atoms with Crippen molar-refractivity contribution in [1.29, 1.82) is 0 Å². The van der Waals surface area contributed by atoms with E-state index in [1.165, 1.54) is 6.42 Å². The third-order valence-corrected chi connectivity index (χ3v) is 7.13. The van der Waals surface area contributed by atoms with Crippen molar-refractivity contribution in [1.82, 2.24) is 15.2 Å². The molecule has 1 N–H and O–H groups in total. The van der Waals surface area contributed by atoms with Gasteiger partial charge in [0.05, 0.1) is 23.9 Å². The maximum Gasteiger partial charge on any atom is 0.251 e. The molecule has 3 aromatic rings. The summed E-state index contributed by atoms with van der Waals surface area (Å²) in [5.41, 5.74) is 1.66. The monoisotopic (exact) mass is 482 g/mol. The number of hydrogen-bond donors (Lipinski definition) is 1. The number of anilines is 1. The van der Waals surface area contributed by atoms with Gasteiger partial charge in [0, 0.05) is 44.8 Å². The number of piperazine rings is 1. The fraction of sp³-hybridized carbons (Fsp3) is 0.462. The van der Waals surface area contributed by atoms with E-state index in [4.69, 9.17) is 14.5 Å². The Kier molecular flexibility index (Phi) is 8.60. The van der Waals surface area contributed by atoms with Gasteiger partial charge in [-0.15, -0.1) is 0 Å². The maximum atomic E-state index is 12.6. The molecule has 182 valence electrons. The Labute approximate surface area is 205 Å². The second-order valence-electron chi connectivity index (χ2n) is 8.50. The molecule has 2 aromatic carbocycles. The molecule has 1 amide bonds. The summed E-state index contributed by atoms with van der Waals surface area (Å²) in [4.78, 5) is 22.1. The number of aromatic nitrogens is 1. The maximum absolute atomic E-state index is 12.6. The Bertz CT molecular complexity index is 1080. The molecule has 1 saturated heterocycles. The number of carbonyl (C=O) groups excluding carboxylic acids is 1. The zero-order valence-corrected chi connectivity index (χ0v) is 20.9. The number of nitrogens with one attached hydrogen (secondary N) is 1. The van der Waals surface area contributed by atoms with Crippen LogP contribution in [-0.4, -0.2) is 68.8 Å². The molecule has 2 heterocycles. The lowest BCUT2D eigenvalue weighted by molar-refractivity contribution is 0.0947. The van der Waals surface area contributed by atoms with Gasteiger partial charge < -0.3 is 19.7 Å². The predicted molar refractivity (Wildman–Crippen MR) is 139 cm³/mol. The van der Waals surface area contributed by atoms with Crippen LogP contribution in [0.25, 0.3) is 10.2 Å². The minimum absolute atomic E-state index is 0.0532. The largest absolute Gasteiger partial charge is 0.497 e. The quantitative estimate of drug-likeness (QED) is 0.408. The first kappa shape index (κ1) is 24.3. The lowest BCUT2D eigenvalue weighted by atomic mass is 10.2. The molecule has 0 radical (unpaired) electrons. The van der Waals surface area contributed by atoms with E-state index < -0.39 is 0 Å². The summed E-state index contributed by atoms with van der Waals surface area (Å²) in [7, 11) is 1.69. The van der Waals surface area contributed by atoms with Gasteiger partial charge in [0.1, 0.15) is 11.5 Å². The number of nitrogens with zero attached hydrogens (tertiary/aromatic N) is 3. The van der Waals surface area contributed by atoms with Crippen LogP contribution in [0.4, 0.5) is 5.13 Å². The first-order valence-electron chi connectivity index (χ1n) is 12.1. The molecule has 0 unspecified atom stereocenters. The van der Waals surface area contributed by atoms with Crippen LogP contribution in [0.1, 0.15) is 36.5 Å². The lowest BCUT2D eigenvalue weighted by Crippen LogP contribution is -2.48. The summed E-state index contributed by atoms with van der Waals surface area (Å²) in [6, 6.07) is 13.5. The molecule has 0 aliphatic carbocycles. The van der Waals surface area contributed by atoms with E-state index in [-0.39, 0.29) is 5.91 Å². The topological polar surface area (TPSA) is 66.9 Å². The van der Waals surface area contributed by atoms with Crippen molar-refractivity contribution in [3.63, 3.8) is 0 Å². The van der Waals surface area contributed by atoms with E-state index in [2.05, 4.69) is 22.0 Å². The molecule has 0 spiro atoms. The van der Waals surface area contributed by atoms with Gasteiger partial charge in [-0.2, -0.15) is 0 Å². The van der Waals surface area contributed by atoms with Crippen molar-refractivity contribution < 1.29 is 14.3 Å². The highest BCUT2D eigenvalue weighted by atomic mass is 32.1. The van der Waals surface area contributed by atoms with Crippen LogP contribution in [0.3, 0.4) is 0 Å². The molecular formula is C26H34N4O3S. The number of benzene rings is 2. The second kappa shape index (κ2) is 12.0. The minimum atomic E-state index is -0.0532. The molecule has 8 heteroatoms. The number of unbranched alkanes of at least 4 members (excludes halogenated alkanes) is 2. The second-order valence-corrected chi connectivity index (χ2v) is 9.51. The Morgan fingerprint density at radius 2 is 1.94 bits per heavy atom. The first-order valence-corrected chi connectivity index (χ1v) is 12.9. The Hall–Kier alpha value is -2.84. The van der Waals surface area contributed by atoms with Crippen LogP contribution in [0.15, 0.2) is 42.5 Å². The predicted octanol–water partition coefficient (Wildman–Crippen LogP) is 4.43. The Morgan fingerprint density at radius 3 is 2.74 bits per heavy atom. The number of methoxy groups -OCH3 is 1. The number of carbonyl (C=O) groups is 1. The fourth-order valence-electron chi connectivity index (χ4n) is 4.02. The molecular weight excluding hydrogens is 448 g/mol. The van der Waals surface area contributed by atoms with Crippen LogP contribution in [0.2, 0.25) is 0 Å². The van der Waals surface area contributed by atoms with Crippen LogP contribution in [0.5, 0.6) is 11.5 Å². The number of amides is 1. The molecule has 4 rings (SSSR count). The Morgan fingerprint density at radius 1 is 1.09 bits per heavy atom. The number of thiazole rings is 1. The molecule has 1 aromatic heterocycles. The SMILES string of the molecule is CCCCCOc1cccc(C(=O)NCCN2CCN(c3nc4ccc(OC)cc4s3)CC2)c1. The van der Waals surface area contributed by atoms with Crippen molar-refractivity contribution >= 4 is 32.6 Å². The van der Waals surface area contributed by atoms with Gasteiger partial charge in [-0.1, -0.05) is 37.2 Å². The zero-order chi connectivity index (χ0) is 23.8. The van der Waals surface area contributed by atoms with Crippen molar-refractivity contribution in [3.8, 4) is 11.5 Å². The van der Waals surface area contributed by atoms with Crippen molar-refractivity contribution in [2.24, 2.45) is 0 Å². The number of fused-ring (bicyclic) bond motifs is 1. The summed E-state index contributed by atoms with van der Waals surface area (Å²) in [6.07, 6.45) is 3.36. The number of hydrogen-bond acceptors (Lipinski definition) is 7. The highest BCUT2D eigenvalue weighted by molar-refractivity contribution is 7.22. The third kappa shape index (κ3) is 6.39. The number of ether oxygens (including phenoxy) is 2. The Balaban J connectivity index is 1.20.